The number of hydrogen-bond acceptors (Lipinski definition) is 4. The molecule has 1 unspecified atom stereocenters. The molecule has 0 aliphatic heterocycles. The van der Waals surface area contributed by atoms with Crippen LogP contribution in [-0.4, -0.2) is 29.1 Å². The maximum absolute atomic E-state index is 10.5. The van der Waals surface area contributed by atoms with Crippen LogP contribution >= 0.6 is 0 Å². The zero-order chi connectivity index (χ0) is 23.4. The molecule has 2 rings (SSSR count). The summed E-state index contributed by atoms with van der Waals surface area (Å²) in [5.41, 5.74) is 9.18. The van der Waals surface area contributed by atoms with Crippen LogP contribution in [0.1, 0.15) is 36.1 Å². The third-order valence-corrected chi connectivity index (χ3v) is 4.37. The predicted molar refractivity (Wildman–Crippen MR) is 137 cm³/mol. The molecule has 0 aromatic carbocycles. The lowest BCUT2D eigenvalue weighted by Gasteiger charge is -2.10. The highest BCUT2D eigenvalue weighted by atomic mass is 16.3. The second-order valence-corrected chi connectivity index (χ2v) is 6.27. The van der Waals surface area contributed by atoms with E-state index in [1.165, 1.54) is 6.20 Å². The van der Waals surface area contributed by atoms with Gasteiger partial charge in [-0.05, 0) is 31.1 Å². The second-order valence-electron chi connectivity index (χ2n) is 6.27. The lowest BCUT2D eigenvalue weighted by atomic mass is 9.93. The number of aliphatic imine (C=N–C) groups is 2. The van der Waals surface area contributed by atoms with Crippen molar-refractivity contribution in [1.82, 2.24) is 4.98 Å². The number of aromatic nitrogens is 1. The van der Waals surface area contributed by atoms with Crippen LogP contribution in [0.25, 0.3) is 12.2 Å². The molecule has 5 heteroatoms. The Hall–Kier alpha value is -3.96. The van der Waals surface area contributed by atoms with Gasteiger partial charge < -0.3 is 15.8 Å². The summed E-state index contributed by atoms with van der Waals surface area (Å²) in [4.78, 5) is 11.4. The molecule has 1 aromatic heterocycles. The summed E-state index contributed by atoms with van der Waals surface area (Å²) >= 11 is 0. The second kappa shape index (κ2) is 12.6. The largest absolute Gasteiger partial charge is 0.494 e. The predicted octanol–water partition coefficient (Wildman–Crippen LogP) is 3.43. The number of nitrogens with zero attached hydrogens (tertiary/aromatic N) is 2. The first kappa shape index (κ1) is 25.1. The van der Waals surface area contributed by atoms with Crippen LogP contribution in [0.5, 0.6) is 5.88 Å². The number of allylic oxidation sites excluding steroid dienone is 6. The van der Waals surface area contributed by atoms with Crippen LogP contribution in [0.4, 0.5) is 0 Å². The van der Waals surface area contributed by atoms with E-state index in [4.69, 9.17) is 12.2 Å². The van der Waals surface area contributed by atoms with E-state index >= 15 is 0 Å². The van der Waals surface area contributed by atoms with Crippen LogP contribution < -0.4 is 16.3 Å². The number of nitrogens with two attached hydrogens (primary N) is 1. The highest BCUT2D eigenvalue weighted by Crippen LogP contribution is 2.20. The number of aromatic hydroxyl groups is 1. The molecule has 0 saturated carbocycles. The summed E-state index contributed by atoms with van der Waals surface area (Å²) in [5.74, 6) is 8.53. The van der Waals surface area contributed by atoms with Crippen LogP contribution in [0.3, 0.4) is 0 Å². The zero-order valence-electron chi connectivity index (χ0n) is 18.8. The molecule has 31 heavy (non-hydrogen) atoms. The van der Waals surface area contributed by atoms with Gasteiger partial charge in [0, 0.05) is 33.6 Å². The molecule has 1 heterocycles. The van der Waals surface area contributed by atoms with Gasteiger partial charge in [-0.3, -0.25) is 4.99 Å². The Kier molecular flexibility index (Phi) is 10.2. The van der Waals surface area contributed by atoms with Crippen molar-refractivity contribution in [3.05, 3.63) is 64.0 Å². The molecule has 0 amide bonds. The lowest BCUT2D eigenvalue weighted by molar-refractivity contribution is 0.455. The van der Waals surface area contributed by atoms with Gasteiger partial charge in [0.2, 0.25) is 0 Å². The van der Waals surface area contributed by atoms with Crippen molar-refractivity contribution in [2.24, 2.45) is 21.6 Å². The van der Waals surface area contributed by atoms with Gasteiger partial charge in [0.05, 0.1) is 28.2 Å². The van der Waals surface area contributed by atoms with Gasteiger partial charge in [-0.25, -0.2) is 4.99 Å². The topological polar surface area (TPSA) is 86.8 Å². The van der Waals surface area contributed by atoms with Gasteiger partial charge in [0.25, 0.3) is 0 Å². The van der Waals surface area contributed by atoms with Crippen LogP contribution in [-0.2, 0) is 0 Å². The number of aromatic amines is 1. The Morgan fingerprint density at radius 2 is 2.13 bits per heavy atom. The highest BCUT2D eigenvalue weighted by Gasteiger charge is 2.16. The van der Waals surface area contributed by atoms with Crippen LogP contribution in [0.15, 0.2) is 57.8 Å². The third kappa shape index (κ3) is 6.26. The minimum atomic E-state index is -0.226. The first-order valence-corrected chi connectivity index (χ1v) is 9.96. The summed E-state index contributed by atoms with van der Waals surface area (Å²) < 4.78 is 0. The summed E-state index contributed by atoms with van der Waals surface area (Å²) in [5, 5.41) is 12.0. The molecule has 0 saturated heterocycles. The van der Waals surface area contributed by atoms with E-state index in [-0.39, 0.29) is 14.7 Å². The average Bonchev–Trinajstić information content (AvgIpc) is 2.94. The van der Waals surface area contributed by atoms with E-state index < -0.39 is 0 Å². The van der Waals surface area contributed by atoms with E-state index in [1.54, 1.807) is 38.4 Å². The van der Waals surface area contributed by atoms with Gasteiger partial charge in [-0.15, -0.1) is 6.42 Å². The molecule has 164 valence electrons. The molecular formula is C26H34N4O. The maximum atomic E-state index is 10.5. The number of terminal acetylenes is 1. The van der Waals surface area contributed by atoms with Crippen molar-refractivity contribution in [3.63, 3.8) is 0 Å². The molecule has 5 nitrogen and oxygen atoms in total. The summed E-state index contributed by atoms with van der Waals surface area (Å²) in [7, 11) is 1.64. The molecule has 0 spiro atoms. The van der Waals surface area contributed by atoms with Crippen molar-refractivity contribution in [3.8, 4) is 30.1 Å². The average molecular weight is 419 g/mol. The Morgan fingerprint density at radius 3 is 2.71 bits per heavy atom. The quantitative estimate of drug-likeness (QED) is 0.375. The minimum Gasteiger partial charge on any atom is -0.494 e. The van der Waals surface area contributed by atoms with E-state index in [1.807, 2.05) is 32.9 Å². The van der Waals surface area contributed by atoms with Gasteiger partial charge in [-0.2, -0.15) is 0 Å². The fraction of sp³-hybridized carbons (Fsp3) is 0.231. The Labute approximate surface area is 187 Å². The zero-order valence-corrected chi connectivity index (χ0v) is 18.8. The smallest absolute Gasteiger partial charge is 0.198 e. The SMILES string of the molecule is C#C/C=C\C(C)=C(/C=C)C1C#CC=c2[nH]c(O)c(C(C)=N/C(C=NC)=C/N)c2=C1.CC.[HH].[HH]. The number of hydrogen-bond donors (Lipinski definition) is 3. The highest BCUT2D eigenvalue weighted by molar-refractivity contribution is 6.03. The fourth-order valence-electron chi connectivity index (χ4n) is 3.05. The fourth-order valence-corrected chi connectivity index (χ4v) is 3.05. The van der Waals surface area contributed by atoms with Crippen molar-refractivity contribution in [2.75, 3.05) is 7.05 Å². The molecule has 1 atom stereocenters. The monoisotopic (exact) mass is 418 g/mol. The van der Waals surface area contributed by atoms with Crippen LogP contribution in [0, 0.1) is 30.1 Å². The number of fused-ring (bicyclic) bond motifs is 1. The lowest BCUT2D eigenvalue weighted by Crippen LogP contribution is -2.27. The summed E-state index contributed by atoms with van der Waals surface area (Å²) in [6, 6.07) is 0. The Bertz CT molecular complexity index is 1190. The molecule has 1 aliphatic carbocycles. The van der Waals surface area contributed by atoms with Gasteiger partial charge in [0.15, 0.2) is 5.88 Å². The molecule has 0 bridgehead atoms. The Morgan fingerprint density at radius 1 is 1.42 bits per heavy atom. The number of nitrogens with one attached hydrogen (secondary N) is 1. The van der Waals surface area contributed by atoms with Crippen molar-refractivity contribution in [1.29, 1.82) is 0 Å². The Balaban J connectivity index is 0. The van der Waals surface area contributed by atoms with Crippen molar-refractivity contribution < 1.29 is 7.96 Å². The van der Waals surface area contributed by atoms with Crippen molar-refractivity contribution in [2.45, 2.75) is 27.7 Å². The minimum absolute atomic E-state index is 0. The third-order valence-electron chi connectivity index (χ3n) is 4.37. The number of H-pyrrole nitrogens is 1. The molecule has 1 aliphatic rings. The molecule has 0 fully saturated rings. The molecule has 4 N–H and O–H groups in total. The van der Waals surface area contributed by atoms with Crippen LogP contribution in [0.2, 0.25) is 0 Å². The van der Waals surface area contributed by atoms with Gasteiger partial charge in [0.1, 0.15) is 0 Å². The standard InChI is InChI=1S/C24H24N4O.C2H6.2H2/c1-6-8-10-16(3)20(7-2)18-11-9-12-22-21(13-18)23(24(29)28-22)17(4)27-19(14-25)15-26-5;1-2;;/h1,7-8,10,12-15,18,28-29H,2,25H2,3-5H3;1-2H3;2*1H/b10-8-,19-14+,20-16+,26-15?,27-17?;;;. The van der Waals surface area contributed by atoms with E-state index in [2.05, 4.69) is 39.3 Å². The first-order valence-electron chi connectivity index (χ1n) is 9.96. The van der Waals surface area contributed by atoms with Gasteiger partial charge >= 0.3 is 0 Å². The van der Waals surface area contributed by atoms with Crippen molar-refractivity contribution >= 4 is 24.1 Å². The summed E-state index contributed by atoms with van der Waals surface area (Å²) in [6.45, 7) is 11.7. The number of rotatable bonds is 6. The van der Waals surface area contributed by atoms with Gasteiger partial charge in [-0.1, -0.05) is 56.4 Å². The first-order chi connectivity index (χ1) is 15.0. The van der Waals surface area contributed by atoms with E-state index in [0.717, 1.165) is 16.4 Å². The van der Waals surface area contributed by atoms with E-state index in [9.17, 15) is 5.11 Å². The normalized spacial score (nSPS) is 16.5. The molecule has 1 aromatic rings. The van der Waals surface area contributed by atoms with E-state index in [0.29, 0.717) is 22.3 Å². The molecular weight excluding hydrogens is 384 g/mol. The summed E-state index contributed by atoms with van der Waals surface area (Å²) in [6.07, 6.45) is 17.2. The molecule has 0 radical (unpaired) electrons. The maximum Gasteiger partial charge on any atom is 0.198 e.